The van der Waals surface area contributed by atoms with Crippen molar-refractivity contribution in [3.63, 3.8) is 0 Å². The molecule has 2 rings (SSSR count). The van der Waals surface area contributed by atoms with Crippen LogP contribution in [0.4, 0.5) is 26.3 Å². The van der Waals surface area contributed by atoms with Crippen molar-refractivity contribution in [2.75, 3.05) is 20.3 Å². The van der Waals surface area contributed by atoms with Crippen LogP contribution in [0.15, 0.2) is 28.8 Å². The lowest BCUT2D eigenvalue weighted by atomic mass is 10.1. The number of nitrogens with zero attached hydrogens (tertiary/aromatic N) is 3. The second-order valence-corrected chi connectivity index (χ2v) is 5.90. The Morgan fingerprint density at radius 2 is 1.79 bits per heavy atom. The average Bonchev–Trinajstić information content (AvgIpc) is 3.09. The average molecular weight is 413 g/mol. The summed E-state index contributed by atoms with van der Waals surface area (Å²) in [6.07, 6.45) is -10.7. The normalized spacial score (nSPS) is 13.9. The molecule has 0 amide bonds. The number of benzene rings is 1. The topological polar surface area (TPSA) is 71.6 Å². The van der Waals surface area contributed by atoms with Crippen molar-refractivity contribution in [2.45, 2.75) is 31.5 Å². The van der Waals surface area contributed by atoms with Gasteiger partial charge in [-0.3, -0.25) is 4.90 Å². The van der Waals surface area contributed by atoms with Gasteiger partial charge in [-0.2, -0.15) is 31.3 Å². The predicted octanol–water partition coefficient (Wildman–Crippen LogP) is 3.47. The van der Waals surface area contributed by atoms with Crippen molar-refractivity contribution in [3.05, 3.63) is 35.7 Å². The fraction of sp³-hybridized carbons (Fsp3) is 0.500. The van der Waals surface area contributed by atoms with Gasteiger partial charge in [-0.1, -0.05) is 29.4 Å². The van der Waals surface area contributed by atoms with Gasteiger partial charge in [0.15, 0.2) is 0 Å². The highest BCUT2D eigenvalue weighted by Gasteiger charge is 2.38. The number of alkyl halides is 6. The van der Waals surface area contributed by atoms with E-state index in [0.717, 1.165) is 4.90 Å². The predicted molar refractivity (Wildman–Crippen MR) is 83.7 cm³/mol. The Bertz CT molecular complexity index is 745. The first kappa shape index (κ1) is 22.1. The standard InChI is InChI=1S/C16H17F6N3O3/c1-27-7-6-12(26)25(9-15(17,18)19)8-10-2-4-11(5-3-10)13-23-14(28-24-13)16(20,21)22/h2-5,12,26H,6-9H2,1H3. The summed E-state index contributed by atoms with van der Waals surface area (Å²) in [6, 6.07) is 5.53. The van der Waals surface area contributed by atoms with Crippen molar-refractivity contribution in [1.82, 2.24) is 15.0 Å². The Morgan fingerprint density at radius 1 is 1.14 bits per heavy atom. The molecule has 1 N–H and O–H groups in total. The zero-order chi connectivity index (χ0) is 20.9. The van der Waals surface area contributed by atoms with Crippen molar-refractivity contribution >= 4 is 0 Å². The molecule has 6 nitrogen and oxygen atoms in total. The van der Waals surface area contributed by atoms with Crippen molar-refractivity contribution in [2.24, 2.45) is 0 Å². The Hall–Kier alpha value is -2.18. The molecule has 1 aromatic carbocycles. The first-order valence-corrected chi connectivity index (χ1v) is 7.97. The minimum atomic E-state index is -4.78. The van der Waals surface area contributed by atoms with Crippen LogP contribution in [0.5, 0.6) is 0 Å². The molecule has 1 atom stereocenters. The summed E-state index contributed by atoms with van der Waals surface area (Å²) in [5, 5.41) is 13.2. The molecular weight excluding hydrogens is 396 g/mol. The molecular formula is C16H17F6N3O3. The van der Waals surface area contributed by atoms with Gasteiger partial charge in [0.25, 0.3) is 0 Å². The number of hydrogen-bond acceptors (Lipinski definition) is 6. The van der Waals surface area contributed by atoms with Gasteiger partial charge in [-0.05, 0) is 5.56 Å². The quantitative estimate of drug-likeness (QED) is 0.528. The minimum absolute atomic E-state index is 0.0201. The van der Waals surface area contributed by atoms with Gasteiger partial charge in [0.1, 0.15) is 6.23 Å². The van der Waals surface area contributed by atoms with E-state index in [-0.39, 0.29) is 31.0 Å². The van der Waals surface area contributed by atoms with E-state index < -0.39 is 31.0 Å². The summed E-state index contributed by atoms with van der Waals surface area (Å²) in [6.45, 7) is -1.49. The maximum atomic E-state index is 12.8. The van der Waals surface area contributed by atoms with Crippen LogP contribution in [0.1, 0.15) is 17.9 Å². The SMILES string of the molecule is COCCC(O)N(Cc1ccc(-c2noc(C(F)(F)F)n2)cc1)CC(F)(F)F. The van der Waals surface area contributed by atoms with Gasteiger partial charge in [0.05, 0.1) is 6.54 Å². The third-order valence-corrected chi connectivity index (χ3v) is 3.65. The highest BCUT2D eigenvalue weighted by Crippen LogP contribution is 2.29. The van der Waals surface area contributed by atoms with E-state index in [4.69, 9.17) is 4.74 Å². The molecule has 0 aliphatic carbocycles. The summed E-state index contributed by atoms with van der Waals surface area (Å²) < 4.78 is 84.7. The smallest absolute Gasteiger partial charge is 0.385 e. The Morgan fingerprint density at radius 3 is 2.29 bits per heavy atom. The zero-order valence-electron chi connectivity index (χ0n) is 14.6. The summed E-state index contributed by atoms with van der Waals surface area (Å²) in [5.74, 6) is -1.80. The third kappa shape index (κ3) is 6.46. The molecule has 2 aromatic rings. The molecule has 0 bridgehead atoms. The van der Waals surface area contributed by atoms with E-state index in [1.807, 2.05) is 0 Å². The molecule has 1 heterocycles. The summed E-state index contributed by atoms with van der Waals surface area (Å²) in [5.41, 5.74) is 0.606. The van der Waals surface area contributed by atoms with Crippen molar-refractivity contribution < 1.29 is 40.7 Å². The van der Waals surface area contributed by atoms with E-state index in [1.165, 1.54) is 31.4 Å². The maximum Gasteiger partial charge on any atom is 0.471 e. The molecule has 0 aliphatic rings. The van der Waals surface area contributed by atoms with Crippen molar-refractivity contribution in [1.29, 1.82) is 0 Å². The molecule has 12 heteroatoms. The monoisotopic (exact) mass is 413 g/mol. The molecule has 0 radical (unpaired) electrons. The lowest BCUT2D eigenvalue weighted by Gasteiger charge is -2.28. The number of ether oxygens (including phenoxy) is 1. The van der Waals surface area contributed by atoms with E-state index in [9.17, 15) is 31.4 Å². The molecule has 0 saturated carbocycles. The van der Waals surface area contributed by atoms with Gasteiger partial charge < -0.3 is 14.4 Å². The van der Waals surface area contributed by atoms with E-state index >= 15 is 0 Å². The molecule has 0 spiro atoms. The number of rotatable bonds is 8. The fourth-order valence-corrected chi connectivity index (χ4v) is 2.35. The second kappa shape index (κ2) is 8.88. The second-order valence-electron chi connectivity index (χ2n) is 5.90. The molecule has 156 valence electrons. The Kier molecular flexibility index (Phi) is 7.01. The van der Waals surface area contributed by atoms with Crippen LogP contribution in [0.2, 0.25) is 0 Å². The van der Waals surface area contributed by atoms with E-state index in [1.54, 1.807) is 0 Å². The summed E-state index contributed by atoms with van der Waals surface area (Å²) in [4.78, 5) is 4.06. The van der Waals surface area contributed by atoms with E-state index in [2.05, 4.69) is 14.7 Å². The number of halogens is 6. The lowest BCUT2D eigenvalue weighted by Crippen LogP contribution is -2.41. The van der Waals surface area contributed by atoms with Crippen LogP contribution in [0.25, 0.3) is 11.4 Å². The molecule has 28 heavy (non-hydrogen) atoms. The van der Waals surface area contributed by atoms with Gasteiger partial charge in [0, 0.05) is 32.2 Å². The molecule has 1 unspecified atom stereocenters. The van der Waals surface area contributed by atoms with Gasteiger partial charge >= 0.3 is 18.2 Å². The van der Waals surface area contributed by atoms with Gasteiger partial charge in [-0.25, -0.2) is 0 Å². The van der Waals surface area contributed by atoms with Crippen LogP contribution in [-0.4, -0.2) is 52.8 Å². The number of aliphatic hydroxyl groups excluding tert-OH is 1. The number of hydrogen-bond donors (Lipinski definition) is 1. The van der Waals surface area contributed by atoms with Gasteiger partial charge in [-0.15, -0.1) is 0 Å². The molecule has 0 saturated heterocycles. The molecule has 0 fully saturated rings. The van der Waals surface area contributed by atoms with Crippen LogP contribution < -0.4 is 0 Å². The van der Waals surface area contributed by atoms with Crippen LogP contribution in [-0.2, 0) is 17.5 Å². The lowest BCUT2D eigenvalue weighted by molar-refractivity contribution is -0.170. The minimum Gasteiger partial charge on any atom is -0.385 e. The van der Waals surface area contributed by atoms with Crippen molar-refractivity contribution in [3.8, 4) is 11.4 Å². The first-order chi connectivity index (χ1) is 13.0. The summed E-state index contributed by atoms with van der Waals surface area (Å²) in [7, 11) is 1.36. The number of aliphatic hydroxyl groups is 1. The Balaban J connectivity index is 2.12. The first-order valence-electron chi connectivity index (χ1n) is 7.97. The molecule has 1 aromatic heterocycles. The van der Waals surface area contributed by atoms with Gasteiger partial charge in [0.2, 0.25) is 5.82 Å². The Labute approximate surface area is 155 Å². The number of methoxy groups -OCH3 is 1. The van der Waals surface area contributed by atoms with Crippen LogP contribution in [0.3, 0.4) is 0 Å². The highest BCUT2D eigenvalue weighted by molar-refractivity contribution is 5.54. The maximum absolute atomic E-state index is 12.8. The molecule has 0 aliphatic heterocycles. The highest BCUT2D eigenvalue weighted by atomic mass is 19.4. The third-order valence-electron chi connectivity index (χ3n) is 3.65. The van der Waals surface area contributed by atoms with Crippen LogP contribution in [0, 0.1) is 0 Å². The van der Waals surface area contributed by atoms with E-state index in [0.29, 0.717) is 5.56 Å². The fourth-order valence-electron chi connectivity index (χ4n) is 2.35. The largest absolute Gasteiger partial charge is 0.471 e. The zero-order valence-corrected chi connectivity index (χ0v) is 14.6. The van der Waals surface area contributed by atoms with Crippen LogP contribution >= 0.6 is 0 Å². The summed E-state index contributed by atoms with van der Waals surface area (Å²) >= 11 is 0. The number of aromatic nitrogens is 2.